The average molecular weight is 228 g/mol. The van der Waals surface area contributed by atoms with E-state index in [1.807, 2.05) is 6.07 Å². The lowest BCUT2D eigenvalue weighted by atomic mass is 9.97. The molecule has 1 aromatic carbocycles. The first-order chi connectivity index (χ1) is 8.27. The average Bonchev–Trinajstić information content (AvgIpc) is 2.72. The maximum absolute atomic E-state index is 13.7. The van der Waals surface area contributed by atoms with E-state index in [1.165, 1.54) is 6.20 Å². The van der Waals surface area contributed by atoms with Gasteiger partial charge in [-0.15, -0.1) is 0 Å². The molecule has 1 N–H and O–H groups in total. The fourth-order valence-electron chi connectivity index (χ4n) is 2.10. The van der Waals surface area contributed by atoms with Crippen molar-refractivity contribution in [2.75, 3.05) is 0 Å². The Balaban J connectivity index is 2.24. The Hall–Kier alpha value is -2.23. The van der Waals surface area contributed by atoms with E-state index in [0.717, 1.165) is 11.1 Å². The van der Waals surface area contributed by atoms with Crippen LogP contribution in [-0.2, 0) is 6.54 Å². The van der Waals surface area contributed by atoms with Gasteiger partial charge in [-0.3, -0.25) is 9.78 Å². The Kier molecular flexibility index (Phi) is 2.14. The van der Waals surface area contributed by atoms with Crippen molar-refractivity contribution in [1.29, 1.82) is 0 Å². The second-order valence-corrected chi connectivity index (χ2v) is 3.87. The van der Waals surface area contributed by atoms with E-state index >= 15 is 0 Å². The minimum atomic E-state index is -0.375. The van der Waals surface area contributed by atoms with E-state index in [1.54, 1.807) is 24.4 Å². The molecule has 17 heavy (non-hydrogen) atoms. The number of fused-ring (bicyclic) bond motifs is 1. The Bertz CT molecular complexity index is 610. The molecule has 0 atom stereocenters. The third-order valence-corrected chi connectivity index (χ3v) is 2.91. The van der Waals surface area contributed by atoms with Crippen LogP contribution in [-0.4, -0.2) is 10.9 Å². The van der Waals surface area contributed by atoms with E-state index in [2.05, 4.69) is 10.3 Å². The molecule has 0 fully saturated rings. The van der Waals surface area contributed by atoms with Crippen LogP contribution in [0, 0.1) is 5.82 Å². The van der Waals surface area contributed by atoms with Crippen LogP contribution in [0.1, 0.15) is 15.9 Å². The van der Waals surface area contributed by atoms with Gasteiger partial charge in [0.15, 0.2) is 0 Å². The monoisotopic (exact) mass is 228 g/mol. The summed E-state index contributed by atoms with van der Waals surface area (Å²) in [5, 5.41) is 2.74. The van der Waals surface area contributed by atoms with E-state index in [4.69, 9.17) is 0 Å². The van der Waals surface area contributed by atoms with Gasteiger partial charge in [-0.05, 0) is 23.3 Å². The molecule has 0 aliphatic carbocycles. The van der Waals surface area contributed by atoms with Crippen molar-refractivity contribution in [1.82, 2.24) is 10.3 Å². The number of aromatic nitrogens is 1. The first-order valence-corrected chi connectivity index (χ1v) is 5.27. The van der Waals surface area contributed by atoms with Crippen LogP contribution >= 0.6 is 0 Å². The molecule has 1 aliphatic heterocycles. The summed E-state index contributed by atoms with van der Waals surface area (Å²) < 4.78 is 13.7. The number of carbonyl (C=O) groups excluding carboxylic acids is 1. The lowest BCUT2D eigenvalue weighted by Crippen LogP contribution is -2.12. The number of hydrogen-bond acceptors (Lipinski definition) is 2. The highest BCUT2D eigenvalue weighted by Crippen LogP contribution is 2.30. The fourth-order valence-corrected chi connectivity index (χ4v) is 2.10. The third-order valence-electron chi connectivity index (χ3n) is 2.91. The predicted molar refractivity (Wildman–Crippen MR) is 60.8 cm³/mol. The normalized spacial score (nSPS) is 13.4. The predicted octanol–water partition coefficient (Wildman–Crippen LogP) is 2.13. The highest BCUT2D eigenvalue weighted by Gasteiger charge is 2.22. The standard InChI is InChI=1S/C13H9FN2O/c14-12-7-15-5-4-9(12)8-2-1-3-10-11(8)6-16-13(10)17/h1-5,7H,6H2,(H,16,17). The third kappa shape index (κ3) is 1.49. The summed E-state index contributed by atoms with van der Waals surface area (Å²) in [6, 6.07) is 6.95. The quantitative estimate of drug-likeness (QED) is 0.812. The largest absolute Gasteiger partial charge is 0.348 e. The highest BCUT2D eigenvalue weighted by atomic mass is 19.1. The zero-order valence-electron chi connectivity index (χ0n) is 8.90. The van der Waals surface area contributed by atoms with Gasteiger partial charge in [0.1, 0.15) is 5.82 Å². The molecule has 0 radical (unpaired) electrons. The molecule has 2 heterocycles. The van der Waals surface area contributed by atoms with E-state index in [0.29, 0.717) is 17.7 Å². The topological polar surface area (TPSA) is 42.0 Å². The molecule has 1 aliphatic rings. The molecule has 2 aromatic rings. The number of nitrogens with zero attached hydrogens (tertiary/aromatic N) is 1. The lowest BCUT2D eigenvalue weighted by molar-refractivity contribution is 0.0966. The van der Waals surface area contributed by atoms with Crippen molar-refractivity contribution in [2.45, 2.75) is 6.54 Å². The number of nitrogens with one attached hydrogen (secondary N) is 1. The Morgan fingerprint density at radius 1 is 1.18 bits per heavy atom. The summed E-state index contributed by atoms with van der Waals surface area (Å²) in [4.78, 5) is 15.2. The number of hydrogen-bond donors (Lipinski definition) is 1. The molecule has 0 saturated carbocycles. The van der Waals surface area contributed by atoms with Crippen molar-refractivity contribution < 1.29 is 9.18 Å². The van der Waals surface area contributed by atoms with Gasteiger partial charge < -0.3 is 5.32 Å². The number of rotatable bonds is 1. The van der Waals surface area contributed by atoms with Crippen LogP contribution in [0.2, 0.25) is 0 Å². The summed E-state index contributed by atoms with van der Waals surface area (Å²) >= 11 is 0. The minimum absolute atomic E-state index is 0.101. The summed E-state index contributed by atoms with van der Waals surface area (Å²) in [6.45, 7) is 0.450. The molecule has 4 heteroatoms. The van der Waals surface area contributed by atoms with Crippen LogP contribution in [0.25, 0.3) is 11.1 Å². The Morgan fingerprint density at radius 2 is 2.00 bits per heavy atom. The molecule has 0 spiro atoms. The SMILES string of the molecule is O=C1NCc2c1cccc2-c1ccncc1F. The summed E-state index contributed by atoms with van der Waals surface area (Å²) in [5.74, 6) is -0.475. The molecular formula is C13H9FN2O. The lowest BCUT2D eigenvalue weighted by Gasteiger charge is -2.07. The Labute approximate surface area is 97.3 Å². The maximum atomic E-state index is 13.7. The zero-order valence-corrected chi connectivity index (χ0v) is 8.90. The molecule has 1 aromatic heterocycles. The van der Waals surface area contributed by atoms with E-state index in [-0.39, 0.29) is 11.7 Å². The maximum Gasteiger partial charge on any atom is 0.251 e. The van der Waals surface area contributed by atoms with Gasteiger partial charge in [0.2, 0.25) is 0 Å². The first kappa shape index (κ1) is 9.96. The van der Waals surface area contributed by atoms with Crippen molar-refractivity contribution >= 4 is 5.91 Å². The molecule has 3 rings (SSSR count). The zero-order chi connectivity index (χ0) is 11.8. The Morgan fingerprint density at radius 3 is 2.82 bits per heavy atom. The number of halogens is 1. The van der Waals surface area contributed by atoms with Crippen LogP contribution < -0.4 is 5.32 Å². The molecule has 0 unspecified atom stereocenters. The van der Waals surface area contributed by atoms with Crippen LogP contribution in [0.5, 0.6) is 0 Å². The van der Waals surface area contributed by atoms with Gasteiger partial charge in [0.25, 0.3) is 5.91 Å². The van der Waals surface area contributed by atoms with Gasteiger partial charge in [0, 0.05) is 23.9 Å². The smallest absolute Gasteiger partial charge is 0.251 e. The van der Waals surface area contributed by atoms with E-state index < -0.39 is 0 Å². The fraction of sp³-hybridized carbons (Fsp3) is 0.0769. The van der Waals surface area contributed by atoms with Crippen LogP contribution in [0.3, 0.4) is 0 Å². The molecule has 0 bridgehead atoms. The van der Waals surface area contributed by atoms with Crippen molar-refractivity contribution in [3.8, 4) is 11.1 Å². The minimum Gasteiger partial charge on any atom is -0.348 e. The number of carbonyl (C=O) groups is 1. The molecular weight excluding hydrogens is 219 g/mol. The number of amides is 1. The van der Waals surface area contributed by atoms with Crippen LogP contribution in [0.15, 0.2) is 36.7 Å². The van der Waals surface area contributed by atoms with Crippen molar-refractivity contribution in [3.05, 3.63) is 53.6 Å². The second-order valence-electron chi connectivity index (χ2n) is 3.87. The summed E-state index contributed by atoms with van der Waals surface area (Å²) in [6.07, 6.45) is 2.72. The molecule has 84 valence electrons. The van der Waals surface area contributed by atoms with Gasteiger partial charge in [-0.25, -0.2) is 4.39 Å². The first-order valence-electron chi connectivity index (χ1n) is 5.27. The molecule has 0 saturated heterocycles. The second kappa shape index (κ2) is 3.66. The van der Waals surface area contributed by atoms with Gasteiger partial charge >= 0.3 is 0 Å². The molecule has 1 amide bonds. The summed E-state index contributed by atoms with van der Waals surface area (Å²) in [5.41, 5.74) is 2.70. The van der Waals surface area contributed by atoms with Gasteiger partial charge in [-0.2, -0.15) is 0 Å². The van der Waals surface area contributed by atoms with Gasteiger partial charge in [-0.1, -0.05) is 12.1 Å². The van der Waals surface area contributed by atoms with Crippen molar-refractivity contribution in [3.63, 3.8) is 0 Å². The van der Waals surface area contributed by atoms with Gasteiger partial charge in [0.05, 0.1) is 6.20 Å². The molecule has 3 nitrogen and oxygen atoms in total. The highest BCUT2D eigenvalue weighted by molar-refractivity contribution is 6.00. The van der Waals surface area contributed by atoms with Crippen LogP contribution in [0.4, 0.5) is 4.39 Å². The number of benzene rings is 1. The number of pyridine rings is 1. The van der Waals surface area contributed by atoms with E-state index in [9.17, 15) is 9.18 Å². The summed E-state index contributed by atoms with van der Waals surface area (Å²) in [7, 11) is 0. The van der Waals surface area contributed by atoms with Crippen molar-refractivity contribution in [2.24, 2.45) is 0 Å².